The van der Waals surface area contributed by atoms with Crippen LogP contribution in [0.2, 0.25) is 0 Å². The first-order valence-corrected chi connectivity index (χ1v) is 31.0. The SMILES string of the molecule is CC(C)(C(=Nc1ccccc1)c1ccccc1O)C(=Nc1ccccc1)c1ccccc1O.CC(C)(C(=Nc1ccccc1)c1ccccc1O)c1cccc(C=Nc2ccccc2)c1O.[Cl][Ti][Cl].[Cl][Ti][Cl]. The third-order valence-corrected chi connectivity index (χ3v) is 11.1. The fraction of sp³-hybridized carbons (Fsp3) is 0.103. The number of halogens is 4. The van der Waals surface area contributed by atoms with Gasteiger partial charge in [-0.25, -0.2) is 0 Å². The number of nitrogens with zero attached hydrogens (tertiary/aromatic N) is 4. The minimum absolute atomic E-state index is 0.136. The van der Waals surface area contributed by atoms with Crippen molar-refractivity contribution in [3.63, 3.8) is 0 Å². The van der Waals surface area contributed by atoms with Gasteiger partial charge < -0.3 is 20.4 Å². The zero-order chi connectivity index (χ0) is 51.9. The molecule has 0 aliphatic heterocycles. The third kappa shape index (κ3) is 16.1. The Morgan fingerprint density at radius 1 is 0.389 bits per heavy atom. The summed E-state index contributed by atoms with van der Waals surface area (Å²) in [4.78, 5) is 19.4. The van der Waals surface area contributed by atoms with Crippen molar-refractivity contribution in [3.05, 3.63) is 240 Å². The molecule has 14 heteroatoms. The van der Waals surface area contributed by atoms with Gasteiger partial charge in [0.25, 0.3) is 0 Å². The monoisotopic (exact) mass is 1100 g/mol. The van der Waals surface area contributed by atoms with Gasteiger partial charge in [-0.1, -0.05) is 121 Å². The van der Waals surface area contributed by atoms with Gasteiger partial charge >= 0.3 is 71.3 Å². The van der Waals surface area contributed by atoms with Crippen LogP contribution in [0.5, 0.6) is 23.0 Å². The molecule has 72 heavy (non-hydrogen) atoms. The van der Waals surface area contributed by atoms with Gasteiger partial charge in [-0.15, -0.1) is 0 Å². The zero-order valence-electron chi connectivity index (χ0n) is 39.9. The van der Waals surface area contributed by atoms with E-state index in [4.69, 9.17) is 52.2 Å². The van der Waals surface area contributed by atoms with E-state index in [2.05, 4.69) is 4.99 Å². The summed E-state index contributed by atoms with van der Waals surface area (Å²) < 4.78 is 0. The van der Waals surface area contributed by atoms with E-state index in [0.29, 0.717) is 45.0 Å². The number of para-hydroxylation sites is 8. The first-order chi connectivity index (χ1) is 34.8. The molecule has 4 N–H and O–H groups in total. The normalized spacial score (nSPS) is 11.8. The van der Waals surface area contributed by atoms with E-state index < -0.39 is 44.9 Å². The molecular weight excluding hydrogens is 1050 g/mol. The number of hydrogen-bond donors (Lipinski definition) is 4. The molecule has 0 bridgehead atoms. The van der Waals surface area contributed by atoms with Gasteiger partial charge in [0.1, 0.15) is 23.0 Å². The van der Waals surface area contributed by atoms with Crippen molar-refractivity contribution < 1.29 is 54.5 Å². The van der Waals surface area contributed by atoms with E-state index in [-0.39, 0.29) is 23.0 Å². The second kappa shape index (κ2) is 29.1. The van der Waals surface area contributed by atoms with Crippen LogP contribution in [0.15, 0.2) is 232 Å². The maximum atomic E-state index is 11.2. The second-order valence-electron chi connectivity index (χ2n) is 16.7. The molecule has 0 aliphatic rings. The standard InChI is InChI=1S/2C29H26N2O2.4ClH.2Ti/c1-29(2,27(23-17-9-11-19-25(23)32)30-21-13-5-3-6-14-21)28(24-18-10-12-20-26(24)33)31-22-15-7-4-8-16-22;1-29(2,25-18-11-12-21(27(25)33)20-30-22-13-5-3-6-14-22)28(24-17-9-10-19-26(24)32)31-23-15-7-4-8-16-23;;;;;;/h2*3-20,32-33H,1-2H3;4*1H;;/q;;;;;;2*+2/p-4. The molecule has 0 aromatic heterocycles. The Labute approximate surface area is 455 Å². The maximum absolute atomic E-state index is 11.2. The average molecular weight is 1110 g/mol. The molecule has 0 unspecified atom stereocenters. The van der Waals surface area contributed by atoms with Crippen molar-refractivity contribution in [2.45, 2.75) is 33.1 Å². The van der Waals surface area contributed by atoms with Gasteiger partial charge in [-0.05, 0) is 119 Å². The van der Waals surface area contributed by atoms with Gasteiger partial charge in [-0.3, -0.25) is 20.0 Å². The van der Waals surface area contributed by atoms with E-state index in [1.54, 1.807) is 42.6 Å². The summed E-state index contributed by atoms with van der Waals surface area (Å²) in [5.74, 6) is 0.549. The molecule has 0 saturated heterocycles. The molecule has 0 heterocycles. The number of benzene rings is 8. The third-order valence-electron chi connectivity index (χ3n) is 11.1. The Bertz CT molecular complexity index is 2970. The minimum atomic E-state index is -0.788. The van der Waals surface area contributed by atoms with Gasteiger partial charge in [0.2, 0.25) is 0 Å². The van der Waals surface area contributed by atoms with Gasteiger partial charge in [0.15, 0.2) is 0 Å². The number of aromatic hydroxyl groups is 4. The Morgan fingerprint density at radius 3 is 1.06 bits per heavy atom. The number of aliphatic imine (C=N–C) groups is 4. The Kier molecular flexibility index (Phi) is 23.1. The first-order valence-electron chi connectivity index (χ1n) is 22.4. The molecular formula is C58H52Cl4N4O4Ti2. The summed E-state index contributed by atoms with van der Waals surface area (Å²) in [6.45, 7) is 8.01. The van der Waals surface area contributed by atoms with Crippen LogP contribution in [0.4, 0.5) is 22.7 Å². The number of phenols is 4. The molecule has 0 atom stereocenters. The molecule has 0 amide bonds. The fourth-order valence-electron chi connectivity index (χ4n) is 7.59. The number of rotatable bonds is 12. The van der Waals surface area contributed by atoms with Gasteiger partial charge in [0, 0.05) is 39.4 Å². The molecule has 0 aliphatic carbocycles. The van der Waals surface area contributed by atoms with Gasteiger partial charge in [-0.2, -0.15) is 0 Å². The number of phenolic OH excluding ortho intramolecular Hbond substituents is 4. The summed E-state index contributed by atoms with van der Waals surface area (Å²) in [6.07, 6.45) is 1.66. The predicted molar refractivity (Wildman–Crippen MR) is 294 cm³/mol. The quantitative estimate of drug-likeness (QED) is 0.0717. The van der Waals surface area contributed by atoms with Crippen LogP contribution >= 0.6 is 37.2 Å². The van der Waals surface area contributed by atoms with E-state index in [1.807, 2.05) is 204 Å². The topological polar surface area (TPSA) is 130 Å². The summed E-state index contributed by atoms with van der Waals surface area (Å²) in [5, 5.41) is 43.4. The van der Waals surface area contributed by atoms with E-state index in [9.17, 15) is 20.4 Å². The van der Waals surface area contributed by atoms with Crippen LogP contribution in [0, 0.1) is 5.41 Å². The van der Waals surface area contributed by atoms with Crippen molar-refractivity contribution in [3.8, 4) is 23.0 Å². The molecule has 0 spiro atoms. The van der Waals surface area contributed by atoms with Crippen molar-refractivity contribution >= 4 is 83.3 Å². The molecule has 0 radical (unpaired) electrons. The fourth-order valence-corrected chi connectivity index (χ4v) is 7.59. The van der Waals surface area contributed by atoms with Crippen LogP contribution in [0.1, 0.15) is 55.5 Å². The van der Waals surface area contributed by atoms with Crippen molar-refractivity contribution in [2.75, 3.05) is 0 Å². The van der Waals surface area contributed by atoms with E-state index >= 15 is 0 Å². The van der Waals surface area contributed by atoms with Crippen LogP contribution in [-0.2, 0) is 39.5 Å². The van der Waals surface area contributed by atoms with E-state index in [0.717, 1.165) is 22.7 Å². The van der Waals surface area contributed by atoms with Crippen LogP contribution in [0.25, 0.3) is 0 Å². The van der Waals surface area contributed by atoms with Crippen molar-refractivity contribution in [1.82, 2.24) is 0 Å². The zero-order valence-corrected chi connectivity index (χ0v) is 46.0. The molecule has 0 saturated carbocycles. The molecule has 364 valence electrons. The Morgan fingerprint density at radius 2 is 0.694 bits per heavy atom. The first kappa shape index (κ1) is 57.1. The molecule has 8 nitrogen and oxygen atoms in total. The van der Waals surface area contributed by atoms with Crippen LogP contribution in [0.3, 0.4) is 0 Å². The molecule has 8 aromatic rings. The Balaban J connectivity index is 0.000000241. The summed E-state index contributed by atoms with van der Waals surface area (Å²) in [7, 11) is 19.6. The van der Waals surface area contributed by atoms with Gasteiger partial charge in [0.05, 0.1) is 45.3 Å². The molecule has 8 aromatic carbocycles. The molecule has 0 fully saturated rings. The van der Waals surface area contributed by atoms with E-state index in [1.165, 1.54) is 0 Å². The molecule has 8 rings (SSSR count). The van der Waals surface area contributed by atoms with Crippen molar-refractivity contribution in [2.24, 2.45) is 25.4 Å². The predicted octanol–water partition coefficient (Wildman–Crippen LogP) is 16.8. The number of hydrogen-bond acceptors (Lipinski definition) is 8. The average Bonchev–Trinajstić information content (AvgIpc) is 3.39. The summed E-state index contributed by atoms with van der Waals surface area (Å²) in [6, 6.07) is 65.6. The van der Waals surface area contributed by atoms with Crippen molar-refractivity contribution in [1.29, 1.82) is 0 Å². The van der Waals surface area contributed by atoms with Crippen LogP contribution in [-0.4, -0.2) is 43.8 Å². The Hall–Kier alpha value is -5.77. The second-order valence-corrected chi connectivity index (χ2v) is 21.8. The summed E-state index contributed by atoms with van der Waals surface area (Å²) in [5.41, 5.74) is 6.68. The summed E-state index contributed by atoms with van der Waals surface area (Å²) >= 11 is -1.11. The van der Waals surface area contributed by atoms with Crippen LogP contribution < -0.4 is 0 Å².